The Morgan fingerprint density at radius 1 is 1.53 bits per heavy atom. The van der Waals surface area contributed by atoms with Crippen LogP contribution in [0.25, 0.3) is 0 Å². The van der Waals surface area contributed by atoms with Gasteiger partial charge in [-0.3, -0.25) is 9.88 Å². The molecule has 0 aromatic carbocycles. The molecule has 1 aromatic heterocycles. The second-order valence-electron chi connectivity index (χ2n) is 4.04. The van der Waals surface area contributed by atoms with Crippen LogP contribution in [0.3, 0.4) is 0 Å². The maximum atomic E-state index is 12.9. The normalized spacial score (nSPS) is 22.9. The zero-order valence-electron chi connectivity index (χ0n) is 8.56. The van der Waals surface area contributed by atoms with Crippen LogP contribution in [0.1, 0.15) is 18.4 Å². The average Bonchev–Trinajstić information content (AvgIpc) is 2.17. The minimum atomic E-state index is -0.301. The minimum absolute atomic E-state index is 0.236. The number of nitrogens with zero attached hydrogens (tertiary/aromatic N) is 2. The van der Waals surface area contributed by atoms with E-state index in [2.05, 4.69) is 9.88 Å². The van der Waals surface area contributed by atoms with Crippen molar-refractivity contribution in [2.75, 3.05) is 13.1 Å². The van der Waals surface area contributed by atoms with Gasteiger partial charge >= 0.3 is 0 Å². The Morgan fingerprint density at radius 3 is 3.13 bits per heavy atom. The van der Waals surface area contributed by atoms with E-state index >= 15 is 0 Å². The summed E-state index contributed by atoms with van der Waals surface area (Å²) in [4.78, 5) is 5.93. The van der Waals surface area contributed by atoms with E-state index in [0.717, 1.165) is 24.9 Å². The van der Waals surface area contributed by atoms with E-state index in [-0.39, 0.29) is 11.9 Å². The van der Waals surface area contributed by atoms with Gasteiger partial charge in [-0.1, -0.05) is 0 Å². The predicted molar refractivity (Wildman–Crippen MR) is 54.7 cm³/mol. The minimum Gasteiger partial charge on any atom is -0.392 e. The Hall–Kier alpha value is -1.00. The van der Waals surface area contributed by atoms with Gasteiger partial charge in [0.1, 0.15) is 5.82 Å². The van der Waals surface area contributed by atoms with Gasteiger partial charge in [0.2, 0.25) is 0 Å². The molecule has 1 aromatic rings. The molecule has 82 valence electrons. The molecule has 0 amide bonds. The highest BCUT2D eigenvalue weighted by Crippen LogP contribution is 2.13. The number of rotatable bonds is 2. The van der Waals surface area contributed by atoms with Crippen LogP contribution in [0.2, 0.25) is 0 Å². The number of hydrogen-bond donors (Lipinski definition) is 1. The molecule has 0 unspecified atom stereocenters. The molecule has 4 heteroatoms. The summed E-state index contributed by atoms with van der Waals surface area (Å²) in [7, 11) is 0. The molecule has 3 nitrogen and oxygen atoms in total. The molecule has 2 rings (SSSR count). The van der Waals surface area contributed by atoms with E-state index in [1.54, 1.807) is 6.20 Å². The molecule has 1 atom stereocenters. The summed E-state index contributed by atoms with van der Waals surface area (Å²) in [6.07, 6.45) is 4.51. The smallest absolute Gasteiger partial charge is 0.141 e. The van der Waals surface area contributed by atoms with E-state index in [0.29, 0.717) is 13.1 Å². The zero-order chi connectivity index (χ0) is 10.7. The number of β-amino-alcohol motifs (C(OH)–C–C–N with tert-alkyl or cyclic N) is 1. The highest BCUT2D eigenvalue weighted by molar-refractivity contribution is 5.10. The second-order valence-corrected chi connectivity index (χ2v) is 4.04. The summed E-state index contributed by atoms with van der Waals surface area (Å²) >= 11 is 0. The van der Waals surface area contributed by atoms with Crippen molar-refractivity contribution in [3.8, 4) is 0 Å². The summed E-state index contributed by atoms with van der Waals surface area (Å²) in [5.74, 6) is -0.301. The van der Waals surface area contributed by atoms with Crippen molar-refractivity contribution in [1.82, 2.24) is 9.88 Å². The molecule has 0 spiro atoms. The van der Waals surface area contributed by atoms with Gasteiger partial charge in [0, 0.05) is 19.3 Å². The molecule has 0 saturated carbocycles. The number of aliphatic hydroxyl groups excluding tert-OH is 1. The Balaban J connectivity index is 1.96. The van der Waals surface area contributed by atoms with Gasteiger partial charge in [0.15, 0.2) is 0 Å². The van der Waals surface area contributed by atoms with Gasteiger partial charge < -0.3 is 5.11 Å². The molecule has 1 saturated heterocycles. The van der Waals surface area contributed by atoms with Crippen molar-refractivity contribution in [3.63, 3.8) is 0 Å². The van der Waals surface area contributed by atoms with E-state index in [9.17, 15) is 9.50 Å². The van der Waals surface area contributed by atoms with Crippen molar-refractivity contribution in [2.45, 2.75) is 25.5 Å². The van der Waals surface area contributed by atoms with Crippen LogP contribution in [-0.4, -0.2) is 34.2 Å². The molecule has 15 heavy (non-hydrogen) atoms. The first-order chi connectivity index (χ1) is 7.24. The van der Waals surface area contributed by atoms with Crippen molar-refractivity contribution in [3.05, 3.63) is 29.8 Å². The fraction of sp³-hybridized carbons (Fsp3) is 0.545. The third kappa shape index (κ3) is 2.97. The highest BCUT2D eigenvalue weighted by Gasteiger charge is 2.17. The largest absolute Gasteiger partial charge is 0.392 e. The first-order valence-electron chi connectivity index (χ1n) is 5.24. The lowest BCUT2D eigenvalue weighted by atomic mass is 10.1. The number of likely N-dealkylation sites (tertiary alicyclic amines) is 1. The number of aromatic nitrogens is 1. The second kappa shape index (κ2) is 4.68. The maximum Gasteiger partial charge on any atom is 0.141 e. The van der Waals surface area contributed by atoms with Gasteiger partial charge in [0.05, 0.1) is 12.3 Å². The van der Waals surface area contributed by atoms with Crippen LogP contribution in [0, 0.1) is 5.82 Å². The van der Waals surface area contributed by atoms with Crippen molar-refractivity contribution >= 4 is 0 Å². The van der Waals surface area contributed by atoms with Crippen LogP contribution >= 0.6 is 0 Å². The number of piperidine rings is 1. The van der Waals surface area contributed by atoms with E-state index in [4.69, 9.17) is 0 Å². The van der Waals surface area contributed by atoms with Crippen LogP contribution in [0.15, 0.2) is 18.5 Å². The summed E-state index contributed by atoms with van der Waals surface area (Å²) in [6, 6.07) is 1.49. The van der Waals surface area contributed by atoms with Gasteiger partial charge in [-0.2, -0.15) is 0 Å². The monoisotopic (exact) mass is 210 g/mol. The van der Waals surface area contributed by atoms with E-state index in [1.165, 1.54) is 12.3 Å². The van der Waals surface area contributed by atoms with Crippen molar-refractivity contribution in [1.29, 1.82) is 0 Å². The zero-order valence-corrected chi connectivity index (χ0v) is 8.56. The third-order valence-electron chi connectivity index (χ3n) is 2.65. The van der Waals surface area contributed by atoms with Gasteiger partial charge in [-0.05, 0) is 31.0 Å². The first kappa shape index (κ1) is 10.5. The summed E-state index contributed by atoms with van der Waals surface area (Å²) in [5.41, 5.74) is 0.865. The maximum absolute atomic E-state index is 12.9. The third-order valence-corrected chi connectivity index (χ3v) is 2.65. The fourth-order valence-corrected chi connectivity index (χ4v) is 1.98. The molecule has 2 heterocycles. The number of hydrogen-bond acceptors (Lipinski definition) is 3. The van der Waals surface area contributed by atoms with Crippen molar-refractivity contribution in [2.24, 2.45) is 0 Å². The van der Waals surface area contributed by atoms with Crippen LogP contribution in [0.5, 0.6) is 0 Å². The molecule has 1 aliphatic rings. The molecule has 1 aliphatic heterocycles. The van der Waals surface area contributed by atoms with Crippen molar-refractivity contribution < 1.29 is 9.50 Å². The average molecular weight is 210 g/mol. The molecular weight excluding hydrogens is 195 g/mol. The molecular formula is C11H15FN2O. The fourth-order valence-electron chi connectivity index (χ4n) is 1.98. The van der Waals surface area contributed by atoms with Crippen LogP contribution in [0.4, 0.5) is 4.39 Å². The molecule has 0 radical (unpaired) electrons. The Bertz CT molecular complexity index is 332. The molecule has 0 aliphatic carbocycles. The van der Waals surface area contributed by atoms with Gasteiger partial charge in [-0.25, -0.2) is 4.39 Å². The van der Waals surface area contributed by atoms with Gasteiger partial charge in [-0.15, -0.1) is 0 Å². The topological polar surface area (TPSA) is 36.4 Å². The standard InChI is InChI=1S/C11H15FN2O/c12-10-4-9(5-13-6-10)7-14-3-1-2-11(15)8-14/h4-6,11,15H,1-3,7-8H2/t11-/m0/s1. The Kier molecular flexibility index (Phi) is 3.28. The quantitative estimate of drug-likeness (QED) is 0.796. The first-order valence-corrected chi connectivity index (χ1v) is 5.24. The lowest BCUT2D eigenvalue weighted by Crippen LogP contribution is -2.37. The summed E-state index contributed by atoms with van der Waals surface area (Å²) in [6.45, 7) is 2.31. The lowest BCUT2D eigenvalue weighted by Gasteiger charge is -2.29. The van der Waals surface area contributed by atoms with E-state index < -0.39 is 0 Å². The number of halogens is 1. The summed E-state index contributed by atoms with van der Waals surface area (Å²) < 4.78 is 12.9. The number of pyridine rings is 1. The van der Waals surface area contributed by atoms with Crippen LogP contribution < -0.4 is 0 Å². The highest BCUT2D eigenvalue weighted by atomic mass is 19.1. The summed E-state index contributed by atoms with van der Waals surface area (Å²) in [5, 5.41) is 9.48. The molecule has 1 N–H and O–H groups in total. The Morgan fingerprint density at radius 2 is 2.40 bits per heavy atom. The number of aliphatic hydroxyl groups is 1. The SMILES string of the molecule is O[C@H]1CCCN(Cc2cncc(F)c2)C1. The molecule has 0 bridgehead atoms. The van der Waals surface area contributed by atoms with Crippen LogP contribution in [-0.2, 0) is 6.54 Å². The molecule has 1 fully saturated rings. The predicted octanol–water partition coefficient (Wildman–Crippen LogP) is 1.18. The van der Waals surface area contributed by atoms with E-state index in [1.807, 2.05) is 0 Å². The lowest BCUT2D eigenvalue weighted by molar-refractivity contribution is 0.0667. The van der Waals surface area contributed by atoms with Gasteiger partial charge in [0.25, 0.3) is 0 Å². The Labute approximate surface area is 88.6 Å².